The average molecular weight is 299 g/mol. The van der Waals surface area contributed by atoms with Crippen molar-refractivity contribution in [3.63, 3.8) is 0 Å². The van der Waals surface area contributed by atoms with Crippen LogP contribution in [0.15, 0.2) is 47.4 Å². The highest BCUT2D eigenvalue weighted by Gasteiger charge is 2.10. The summed E-state index contributed by atoms with van der Waals surface area (Å²) in [5, 5.41) is 22.9. The van der Waals surface area contributed by atoms with E-state index in [0.717, 1.165) is 5.56 Å². The van der Waals surface area contributed by atoms with Crippen molar-refractivity contribution in [2.75, 3.05) is 11.6 Å². The fourth-order valence-electron chi connectivity index (χ4n) is 1.83. The lowest BCUT2D eigenvalue weighted by Crippen LogP contribution is -2.02. The van der Waals surface area contributed by atoms with E-state index in [4.69, 9.17) is 5.26 Å². The molecule has 106 valence electrons. The summed E-state index contributed by atoms with van der Waals surface area (Å²) in [7, 11) is 0. The molecule has 2 rings (SSSR count). The van der Waals surface area contributed by atoms with E-state index in [2.05, 4.69) is 5.32 Å². The van der Waals surface area contributed by atoms with Crippen LogP contribution in [0.2, 0.25) is 0 Å². The maximum absolute atomic E-state index is 10.7. The highest BCUT2D eigenvalue weighted by Crippen LogP contribution is 2.22. The van der Waals surface area contributed by atoms with Gasteiger partial charge in [0.15, 0.2) is 0 Å². The molecule has 2 aromatic carbocycles. The van der Waals surface area contributed by atoms with E-state index < -0.39 is 4.92 Å². The van der Waals surface area contributed by atoms with Gasteiger partial charge < -0.3 is 5.32 Å². The molecule has 0 atom stereocenters. The van der Waals surface area contributed by atoms with E-state index in [9.17, 15) is 10.1 Å². The van der Waals surface area contributed by atoms with Gasteiger partial charge in [-0.15, -0.1) is 11.8 Å². The maximum Gasteiger partial charge on any atom is 0.270 e. The first kappa shape index (κ1) is 14.9. The number of hydrogen-bond acceptors (Lipinski definition) is 5. The summed E-state index contributed by atoms with van der Waals surface area (Å²) >= 11 is 1.68. The molecular formula is C15H13N3O2S. The number of benzene rings is 2. The van der Waals surface area contributed by atoms with Crippen molar-refractivity contribution in [2.45, 2.75) is 11.4 Å². The van der Waals surface area contributed by atoms with Crippen LogP contribution in [0.3, 0.4) is 0 Å². The molecule has 0 fully saturated rings. The van der Waals surface area contributed by atoms with Gasteiger partial charge in [0.1, 0.15) is 6.07 Å². The van der Waals surface area contributed by atoms with E-state index in [0.29, 0.717) is 12.2 Å². The molecule has 0 aliphatic carbocycles. The van der Waals surface area contributed by atoms with Crippen LogP contribution >= 0.6 is 11.8 Å². The number of hydrogen-bond donors (Lipinski definition) is 1. The Kier molecular flexibility index (Phi) is 4.80. The van der Waals surface area contributed by atoms with Gasteiger partial charge in [-0.25, -0.2) is 0 Å². The molecule has 21 heavy (non-hydrogen) atoms. The van der Waals surface area contributed by atoms with Crippen molar-refractivity contribution in [2.24, 2.45) is 0 Å². The van der Waals surface area contributed by atoms with Crippen molar-refractivity contribution in [3.8, 4) is 6.07 Å². The number of thioether (sulfide) groups is 1. The molecule has 0 saturated carbocycles. The number of nitro benzene ring substituents is 1. The van der Waals surface area contributed by atoms with Gasteiger partial charge in [-0.05, 0) is 30.0 Å². The molecule has 0 aliphatic heterocycles. The third kappa shape index (κ3) is 3.74. The molecule has 5 nitrogen and oxygen atoms in total. The van der Waals surface area contributed by atoms with Crippen LogP contribution in [0.4, 0.5) is 11.4 Å². The number of rotatable bonds is 5. The number of nitrogens with one attached hydrogen (secondary N) is 1. The monoisotopic (exact) mass is 299 g/mol. The molecule has 0 unspecified atom stereocenters. The highest BCUT2D eigenvalue weighted by molar-refractivity contribution is 7.98. The molecule has 0 heterocycles. The lowest BCUT2D eigenvalue weighted by molar-refractivity contribution is -0.384. The third-order valence-corrected chi connectivity index (χ3v) is 3.72. The Bertz CT molecular complexity index is 693. The predicted octanol–water partition coefficient (Wildman–Crippen LogP) is 3.80. The second-order valence-electron chi connectivity index (χ2n) is 4.30. The maximum atomic E-state index is 10.7. The zero-order valence-electron chi connectivity index (χ0n) is 11.4. The Labute approximate surface area is 126 Å². The van der Waals surface area contributed by atoms with Gasteiger partial charge in [0, 0.05) is 23.6 Å². The Morgan fingerprint density at radius 2 is 2.00 bits per heavy atom. The number of nitrogens with zero attached hydrogens (tertiary/aromatic N) is 2. The van der Waals surface area contributed by atoms with Crippen LogP contribution < -0.4 is 5.32 Å². The summed E-state index contributed by atoms with van der Waals surface area (Å²) in [6.07, 6.45) is 2.02. The zero-order chi connectivity index (χ0) is 15.2. The molecule has 0 spiro atoms. The van der Waals surface area contributed by atoms with E-state index in [1.807, 2.05) is 36.6 Å². The number of anilines is 1. The lowest BCUT2D eigenvalue weighted by Gasteiger charge is -2.08. The minimum atomic E-state index is -0.508. The number of non-ortho nitro benzene ring substituents is 1. The second kappa shape index (κ2) is 6.77. The van der Waals surface area contributed by atoms with Crippen molar-refractivity contribution < 1.29 is 4.92 Å². The molecule has 0 aromatic heterocycles. The quantitative estimate of drug-likeness (QED) is 0.516. The van der Waals surface area contributed by atoms with Crippen molar-refractivity contribution in [1.82, 2.24) is 0 Å². The molecule has 0 radical (unpaired) electrons. The third-order valence-electron chi connectivity index (χ3n) is 2.98. The molecule has 0 bridgehead atoms. The first-order valence-corrected chi connectivity index (χ1v) is 7.42. The standard InChI is InChI=1S/C15H13N3O2S/c1-21-14-5-2-11(3-6-14)10-17-15-7-4-13(18(19)20)8-12(15)9-16/h2-8,17H,10H2,1H3. The van der Waals surface area contributed by atoms with Gasteiger partial charge in [-0.3, -0.25) is 10.1 Å². The summed E-state index contributed by atoms with van der Waals surface area (Å²) < 4.78 is 0. The predicted molar refractivity (Wildman–Crippen MR) is 83.4 cm³/mol. The smallest absolute Gasteiger partial charge is 0.270 e. The average Bonchev–Trinajstić information content (AvgIpc) is 2.53. The van der Waals surface area contributed by atoms with Crippen molar-refractivity contribution in [1.29, 1.82) is 5.26 Å². The van der Waals surface area contributed by atoms with Gasteiger partial charge in [0.05, 0.1) is 16.2 Å². The summed E-state index contributed by atoms with van der Waals surface area (Å²) in [4.78, 5) is 11.4. The zero-order valence-corrected chi connectivity index (χ0v) is 12.2. The summed E-state index contributed by atoms with van der Waals surface area (Å²) in [5.74, 6) is 0. The van der Waals surface area contributed by atoms with E-state index in [1.54, 1.807) is 17.8 Å². The first-order valence-electron chi connectivity index (χ1n) is 6.19. The molecule has 0 aliphatic rings. The second-order valence-corrected chi connectivity index (χ2v) is 5.18. The van der Waals surface area contributed by atoms with Crippen molar-refractivity contribution >= 4 is 23.1 Å². The van der Waals surface area contributed by atoms with Crippen LogP contribution in [0, 0.1) is 21.4 Å². The highest BCUT2D eigenvalue weighted by atomic mass is 32.2. The van der Waals surface area contributed by atoms with E-state index in [-0.39, 0.29) is 11.3 Å². The largest absolute Gasteiger partial charge is 0.380 e. The molecule has 2 aromatic rings. The number of nitriles is 1. The van der Waals surface area contributed by atoms with Gasteiger partial charge >= 0.3 is 0 Å². The summed E-state index contributed by atoms with van der Waals surface area (Å²) in [5.41, 5.74) is 1.86. The summed E-state index contributed by atoms with van der Waals surface area (Å²) in [6, 6.07) is 14.3. The SMILES string of the molecule is CSc1ccc(CNc2ccc([N+](=O)[O-])cc2C#N)cc1. The molecule has 0 amide bonds. The lowest BCUT2D eigenvalue weighted by atomic mass is 10.1. The molecule has 6 heteroatoms. The minimum absolute atomic E-state index is 0.0820. The Hall–Kier alpha value is -2.52. The molecule has 0 saturated heterocycles. The van der Waals surface area contributed by atoms with Crippen LogP contribution in [-0.2, 0) is 6.54 Å². The van der Waals surface area contributed by atoms with Crippen LogP contribution in [0.1, 0.15) is 11.1 Å². The summed E-state index contributed by atoms with van der Waals surface area (Å²) in [6.45, 7) is 0.557. The minimum Gasteiger partial charge on any atom is -0.380 e. The number of nitro groups is 1. The molecular weight excluding hydrogens is 286 g/mol. The van der Waals surface area contributed by atoms with Gasteiger partial charge in [0.25, 0.3) is 5.69 Å². The van der Waals surface area contributed by atoms with Gasteiger partial charge in [-0.2, -0.15) is 5.26 Å². The van der Waals surface area contributed by atoms with E-state index in [1.165, 1.54) is 17.0 Å². The molecule has 1 N–H and O–H groups in total. The Balaban J connectivity index is 2.12. The van der Waals surface area contributed by atoms with Gasteiger partial charge in [-0.1, -0.05) is 12.1 Å². The Morgan fingerprint density at radius 3 is 2.57 bits per heavy atom. The van der Waals surface area contributed by atoms with E-state index >= 15 is 0 Å². The van der Waals surface area contributed by atoms with Crippen LogP contribution in [0.5, 0.6) is 0 Å². The van der Waals surface area contributed by atoms with Crippen molar-refractivity contribution in [3.05, 3.63) is 63.7 Å². The first-order chi connectivity index (χ1) is 10.1. The normalized spacial score (nSPS) is 9.90. The van der Waals surface area contributed by atoms with Gasteiger partial charge in [0.2, 0.25) is 0 Å². The fraction of sp³-hybridized carbons (Fsp3) is 0.133. The fourth-order valence-corrected chi connectivity index (χ4v) is 2.24. The van der Waals surface area contributed by atoms with Crippen LogP contribution in [-0.4, -0.2) is 11.2 Å². The Morgan fingerprint density at radius 1 is 1.29 bits per heavy atom. The topological polar surface area (TPSA) is 79.0 Å². The van der Waals surface area contributed by atoms with Crippen LogP contribution in [0.25, 0.3) is 0 Å².